The largest absolute Gasteiger partial charge is 0.468 e. The van der Waals surface area contributed by atoms with Crippen LogP contribution >= 0.6 is 0 Å². The molecule has 0 aromatic heterocycles. The second-order valence-electron chi connectivity index (χ2n) is 3.21. The van der Waals surface area contributed by atoms with Gasteiger partial charge in [0.2, 0.25) is 0 Å². The zero-order valence-corrected chi connectivity index (χ0v) is 7.29. The van der Waals surface area contributed by atoms with Crippen LogP contribution in [0.2, 0.25) is 0 Å². The Labute approximate surface area is 71.4 Å². The smallest absolute Gasteiger partial charge is 0.315 e. The minimum Gasteiger partial charge on any atom is -0.468 e. The van der Waals surface area contributed by atoms with Crippen LogP contribution in [0.4, 0.5) is 0 Å². The van der Waals surface area contributed by atoms with Crippen LogP contribution in [0.1, 0.15) is 19.8 Å². The summed E-state index contributed by atoms with van der Waals surface area (Å²) in [5.74, 6) is -0.192. The van der Waals surface area contributed by atoms with Crippen molar-refractivity contribution in [2.24, 2.45) is 5.41 Å². The number of rotatable bonds is 1. The van der Waals surface area contributed by atoms with Crippen LogP contribution in [0, 0.1) is 5.41 Å². The van der Waals surface area contributed by atoms with Gasteiger partial charge in [-0.1, -0.05) is 6.08 Å². The standard InChI is InChI=1S/C9H12O3/c1-9(8(11)12-2)5-3-7(10)4-6-9/h3,5H,4,6H2,1-2H3. The molecule has 66 valence electrons. The Kier molecular flexibility index (Phi) is 2.31. The van der Waals surface area contributed by atoms with Gasteiger partial charge in [0.25, 0.3) is 0 Å². The number of methoxy groups -OCH3 is 1. The minimum atomic E-state index is -0.595. The third-order valence-electron chi connectivity index (χ3n) is 2.18. The van der Waals surface area contributed by atoms with E-state index in [-0.39, 0.29) is 11.8 Å². The molecule has 0 heterocycles. The molecule has 1 aliphatic carbocycles. The third kappa shape index (κ3) is 1.55. The molecule has 0 amide bonds. The van der Waals surface area contributed by atoms with E-state index in [1.807, 2.05) is 0 Å². The second kappa shape index (κ2) is 3.09. The maximum absolute atomic E-state index is 11.2. The van der Waals surface area contributed by atoms with E-state index in [9.17, 15) is 9.59 Å². The van der Waals surface area contributed by atoms with Crippen molar-refractivity contribution in [3.63, 3.8) is 0 Å². The van der Waals surface area contributed by atoms with Crippen LogP contribution in [-0.2, 0) is 14.3 Å². The highest BCUT2D eigenvalue weighted by molar-refractivity contribution is 5.93. The molecule has 1 aliphatic rings. The lowest BCUT2D eigenvalue weighted by molar-refractivity contribution is -0.149. The predicted octanol–water partition coefficient (Wildman–Crippen LogP) is 1.08. The van der Waals surface area contributed by atoms with Crippen molar-refractivity contribution in [2.75, 3.05) is 7.11 Å². The Bertz CT molecular complexity index is 242. The van der Waals surface area contributed by atoms with Crippen molar-refractivity contribution in [2.45, 2.75) is 19.8 Å². The number of ether oxygens (including phenoxy) is 1. The van der Waals surface area contributed by atoms with Crippen molar-refractivity contribution >= 4 is 11.8 Å². The highest BCUT2D eigenvalue weighted by Gasteiger charge is 2.34. The lowest BCUT2D eigenvalue weighted by Crippen LogP contribution is -2.30. The normalized spacial score (nSPS) is 28.7. The number of allylic oxidation sites excluding steroid dienone is 1. The molecule has 1 atom stereocenters. The molecule has 0 saturated carbocycles. The van der Waals surface area contributed by atoms with Crippen molar-refractivity contribution in [3.8, 4) is 0 Å². The van der Waals surface area contributed by atoms with Gasteiger partial charge in [-0.05, 0) is 19.4 Å². The van der Waals surface area contributed by atoms with E-state index in [0.717, 1.165) is 0 Å². The molecule has 0 aliphatic heterocycles. The van der Waals surface area contributed by atoms with Gasteiger partial charge in [-0.3, -0.25) is 9.59 Å². The maximum atomic E-state index is 11.2. The van der Waals surface area contributed by atoms with Crippen molar-refractivity contribution < 1.29 is 14.3 Å². The third-order valence-corrected chi connectivity index (χ3v) is 2.18. The average molecular weight is 168 g/mol. The van der Waals surface area contributed by atoms with Gasteiger partial charge in [0.1, 0.15) is 0 Å². The fourth-order valence-electron chi connectivity index (χ4n) is 1.23. The number of carbonyl (C=O) groups is 2. The van der Waals surface area contributed by atoms with Crippen molar-refractivity contribution in [1.82, 2.24) is 0 Å². The summed E-state index contributed by atoms with van der Waals surface area (Å²) < 4.78 is 4.63. The molecule has 0 bridgehead atoms. The number of carbonyl (C=O) groups excluding carboxylic acids is 2. The van der Waals surface area contributed by atoms with Gasteiger partial charge in [0.05, 0.1) is 12.5 Å². The molecular formula is C9H12O3. The summed E-state index contributed by atoms with van der Waals surface area (Å²) in [7, 11) is 1.36. The van der Waals surface area contributed by atoms with Crippen LogP contribution in [0.25, 0.3) is 0 Å². The Hall–Kier alpha value is -1.12. The molecular weight excluding hydrogens is 156 g/mol. The first-order chi connectivity index (χ1) is 5.58. The Morgan fingerprint density at radius 2 is 2.33 bits per heavy atom. The van der Waals surface area contributed by atoms with Gasteiger partial charge in [0, 0.05) is 6.42 Å². The highest BCUT2D eigenvalue weighted by atomic mass is 16.5. The molecule has 3 nitrogen and oxygen atoms in total. The highest BCUT2D eigenvalue weighted by Crippen LogP contribution is 2.30. The van der Waals surface area contributed by atoms with E-state index in [4.69, 9.17) is 0 Å². The van der Waals surface area contributed by atoms with Gasteiger partial charge >= 0.3 is 5.97 Å². The molecule has 0 aromatic rings. The number of ketones is 1. The fourth-order valence-corrected chi connectivity index (χ4v) is 1.23. The summed E-state index contributed by atoms with van der Waals surface area (Å²) in [6.07, 6.45) is 4.07. The quantitative estimate of drug-likeness (QED) is 0.550. The Morgan fingerprint density at radius 1 is 1.67 bits per heavy atom. The molecule has 3 heteroatoms. The second-order valence-corrected chi connectivity index (χ2v) is 3.21. The van der Waals surface area contributed by atoms with Gasteiger partial charge in [-0.25, -0.2) is 0 Å². The molecule has 0 aromatic carbocycles. The Morgan fingerprint density at radius 3 is 2.75 bits per heavy atom. The van der Waals surface area contributed by atoms with Gasteiger partial charge in [-0.15, -0.1) is 0 Å². The van der Waals surface area contributed by atoms with E-state index < -0.39 is 5.41 Å². The van der Waals surface area contributed by atoms with Crippen LogP contribution in [0.15, 0.2) is 12.2 Å². The zero-order valence-electron chi connectivity index (χ0n) is 7.29. The van der Waals surface area contributed by atoms with E-state index in [2.05, 4.69) is 4.74 Å². The van der Waals surface area contributed by atoms with Gasteiger partial charge in [0.15, 0.2) is 5.78 Å². The molecule has 12 heavy (non-hydrogen) atoms. The SMILES string of the molecule is COC(=O)C1(C)C=CC(=O)CC1. The first kappa shape index (κ1) is 8.97. The number of esters is 1. The van der Waals surface area contributed by atoms with E-state index in [1.165, 1.54) is 13.2 Å². The number of hydrogen-bond acceptors (Lipinski definition) is 3. The fraction of sp³-hybridized carbons (Fsp3) is 0.556. The summed E-state index contributed by atoms with van der Waals surface area (Å²) >= 11 is 0. The molecule has 0 spiro atoms. The van der Waals surface area contributed by atoms with Gasteiger partial charge in [-0.2, -0.15) is 0 Å². The van der Waals surface area contributed by atoms with E-state index in [0.29, 0.717) is 12.8 Å². The van der Waals surface area contributed by atoms with E-state index >= 15 is 0 Å². The van der Waals surface area contributed by atoms with Crippen LogP contribution in [0.3, 0.4) is 0 Å². The average Bonchev–Trinajstić information content (AvgIpc) is 2.09. The lowest BCUT2D eigenvalue weighted by atomic mass is 9.80. The zero-order chi connectivity index (χ0) is 9.19. The van der Waals surface area contributed by atoms with Gasteiger partial charge < -0.3 is 4.74 Å². The van der Waals surface area contributed by atoms with Crippen molar-refractivity contribution in [1.29, 1.82) is 0 Å². The lowest BCUT2D eigenvalue weighted by Gasteiger charge is -2.24. The first-order valence-electron chi connectivity index (χ1n) is 3.89. The summed E-state index contributed by atoms with van der Waals surface area (Å²) in [5.41, 5.74) is -0.595. The van der Waals surface area contributed by atoms with Crippen molar-refractivity contribution in [3.05, 3.63) is 12.2 Å². The molecule has 0 N–H and O–H groups in total. The number of hydrogen-bond donors (Lipinski definition) is 0. The summed E-state index contributed by atoms with van der Waals surface area (Å²) in [4.78, 5) is 22.0. The predicted molar refractivity (Wildman–Crippen MR) is 43.5 cm³/mol. The topological polar surface area (TPSA) is 43.4 Å². The molecule has 0 radical (unpaired) electrons. The molecule has 1 rings (SSSR count). The summed E-state index contributed by atoms with van der Waals surface area (Å²) in [6.45, 7) is 1.78. The minimum absolute atomic E-state index is 0.0800. The first-order valence-corrected chi connectivity index (χ1v) is 3.89. The summed E-state index contributed by atoms with van der Waals surface area (Å²) in [5, 5.41) is 0. The Balaban J connectivity index is 2.80. The molecule has 0 fully saturated rings. The summed E-state index contributed by atoms with van der Waals surface area (Å²) in [6, 6.07) is 0. The maximum Gasteiger partial charge on any atom is 0.315 e. The molecule has 1 unspecified atom stereocenters. The molecule has 0 saturated heterocycles. The van der Waals surface area contributed by atoms with Crippen LogP contribution < -0.4 is 0 Å². The van der Waals surface area contributed by atoms with E-state index in [1.54, 1.807) is 13.0 Å². The monoisotopic (exact) mass is 168 g/mol. The van der Waals surface area contributed by atoms with Crippen LogP contribution in [-0.4, -0.2) is 18.9 Å². The van der Waals surface area contributed by atoms with Crippen LogP contribution in [0.5, 0.6) is 0 Å².